The van der Waals surface area contributed by atoms with Gasteiger partial charge in [0, 0.05) is 5.33 Å². The summed E-state index contributed by atoms with van der Waals surface area (Å²) in [6.07, 6.45) is 0.851. The average molecular weight is 285 g/mol. The largest absolute Gasteiger partial charge is 0.465 e. The third kappa shape index (κ3) is 3.34. The molecule has 3 heteroatoms. The molecule has 0 aliphatic carbocycles. The molecule has 0 amide bonds. The van der Waals surface area contributed by atoms with Crippen LogP contribution in [-0.2, 0) is 11.2 Å². The first-order chi connectivity index (χ1) is 7.50. The summed E-state index contributed by atoms with van der Waals surface area (Å²) in [4.78, 5) is 11.6. The van der Waals surface area contributed by atoms with Gasteiger partial charge in [-0.2, -0.15) is 0 Å². The molecule has 88 valence electrons. The topological polar surface area (TPSA) is 26.3 Å². The van der Waals surface area contributed by atoms with Crippen LogP contribution in [0.25, 0.3) is 0 Å². The number of hydrogen-bond donors (Lipinski definition) is 0. The van der Waals surface area contributed by atoms with Gasteiger partial charge in [0.15, 0.2) is 0 Å². The van der Waals surface area contributed by atoms with Gasteiger partial charge in [-0.3, -0.25) is 0 Å². The van der Waals surface area contributed by atoms with Crippen molar-refractivity contribution in [1.29, 1.82) is 0 Å². The molecule has 1 aromatic carbocycles. The summed E-state index contributed by atoms with van der Waals surface area (Å²) in [7, 11) is 1.41. The van der Waals surface area contributed by atoms with Crippen LogP contribution in [-0.4, -0.2) is 18.4 Å². The maximum absolute atomic E-state index is 11.6. The van der Waals surface area contributed by atoms with Crippen LogP contribution in [0.15, 0.2) is 24.3 Å². The predicted molar refractivity (Wildman–Crippen MR) is 69.1 cm³/mol. The summed E-state index contributed by atoms with van der Waals surface area (Å²) in [5, 5.41) is 0.898. The fourth-order valence-corrected chi connectivity index (χ4v) is 1.74. The molecule has 0 fully saturated rings. The van der Waals surface area contributed by atoms with Crippen molar-refractivity contribution in [2.75, 3.05) is 12.4 Å². The van der Waals surface area contributed by atoms with Crippen LogP contribution in [0, 0.1) is 5.41 Å². The predicted octanol–water partition coefficient (Wildman–Crippen LogP) is 3.44. The molecule has 0 unspecified atom stereocenters. The van der Waals surface area contributed by atoms with Crippen molar-refractivity contribution in [2.24, 2.45) is 5.41 Å². The zero-order chi connectivity index (χ0) is 12.2. The molecule has 0 bridgehead atoms. The van der Waals surface area contributed by atoms with Crippen molar-refractivity contribution in [1.82, 2.24) is 0 Å². The van der Waals surface area contributed by atoms with E-state index in [4.69, 9.17) is 4.74 Å². The lowest BCUT2D eigenvalue weighted by molar-refractivity contribution is 0.0599. The molecular weight excluding hydrogens is 268 g/mol. The van der Waals surface area contributed by atoms with E-state index in [2.05, 4.69) is 29.8 Å². The minimum atomic E-state index is -0.263. The van der Waals surface area contributed by atoms with Gasteiger partial charge >= 0.3 is 5.97 Å². The van der Waals surface area contributed by atoms with E-state index in [0.29, 0.717) is 5.56 Å². The van der Waals surface area contributed by atoms with E-state index < -0.39 is 0 Å². The second-order valence-corrected chi connectivity index (χ2v) is 5.18. The number of esters is 1. The summed E-state index contributed by atoms with van der Waals surface area (Å²) in [6, 6.07) is 7.60. The molecule has 0 spiro atoms. The fraction of sp³-hybridized carbons (Fsp3) is 0.462. The van der Waals surface area contributed by atoms with Crippen molar-refractivity contribution >= 4 is 21.9 Å². The van der Waals surface area contributed by atoms with Gasteiger partial charge in [-0.1, -0.05) is 48.0 Å². The van der Waals surface area contributed by atoms with Gasteiger partial charge in [0.25, 0.3) is 0 Å². The Morgan fingerprint density at radius 2 is 2.00 bits per heavy atom. The Morgan fingerprint density at radius 3 is 2.56 bits per heavy atom. The van der Waals surface area contributed by atoms with Gasteiger partial charge in [0.2, 0.25) is 0 Å². The average Bonchev–Trinajstić information content (AvgIpc) is 2.28. The molecule has 0 saturated heterocycles. The standard InChI is InChI=1S/C13H17BrO2/c1-13(2,9-14)8-10-6-4-5-7-11(10)12(15)16-3/h4-7H,8-9H2,1-3H3. The van der Waals surface area contributed by atoms with E-state index >= 15 is 0 Å². The number of hydrogen-bond acceptors (Lipinski definition) is 2. The molecule has 0 N–H and O–H groups in total. The molecule has 0 aliphatic heterocycles. The number of carbonyl (C=O) groups is 1. The van der Waals surface area contributed by atoms with Crippen LogP contribution < -0.4 is 0 Å². The minimum Gasteiger partial charge on any atom is -0.465 e. The maximum Gasteiger partial charge on any atom is 0.338 e. The minimum absolute atomic E-state index is 0.129. The summed E-state index contributed by atoms with van der Waals surface area (Å²) in [5.41, 5.74) is 1.84. The van der Waals surface area contributed by atoms with E-state index in [1.54, 1.807) is 0 Å². The maximum atomic E-state index is 11.6. The van der Waals surface area contributed by atoms with Crippen LogP contribution in [0.1, 0.15) is 29.8 Å². The molecule has 0 heterocycles. The van der Waals surface area contributed by atoms with Crippen molar-refractivity contribution < 1.29 is 9.53 Å². The summed E-state index contributed by atoms with van der Waals surface area (Å²) in [6.45, 7) is 4.33. The third-order valence-electron chi connectivity index (χ3n) is 2.45. The van der Waals surface area contributed by atoms with Crippen LogP contribution in [0.4, 0.5) is 0 Å². The van der Waals surface area contributed by atoms with Crippen LogP contribution in [0.2, 0.25) is 0 Å². The van der Waals surface area contributed by atoms with Gasteiger partial charge in [-0.15, -0.1) is 0 Å². The number of ether oxygens (including phenoxy) is 1. The van der Waals surface area contributed by atoms with Crippen molar-refractivity contribution in [2.45, 2.75) is 20.3 Å². The lowest BCUT2D eigenvalue weighted by Crippen LogP contribution is -2.18. The number of benzene rings is 1. The van der Waals surface area contributed by atoms with Crippen molar-refractivity contribution in [3.05, 3.63) is 35.4 Å². The highest BCUT2D eigenvalue weighted by molar-refractivity contribution is 9.09. The summed E-state index contributed by atoms with van der Waals surface area (Å²) in [5.74, 6) is -0.263. The molecule has 16 heavy (non-hydrogen) atoms. The first kappa shape index (κ1) is 13.2. The smallest absolute Gasteiger partial charge is 0.338 e. The van der Waals surface area contributed by atoms with Crippen molar-refractivity contribution in [3.63, 3.8) is 0 Å². The molecule has 0 aromatic heterocycles. The number of methoxy groups -OCH3 is 1. The van der Waals surface area contributed by atoms with Gasteiger partial charge in [-0.05, 0) is 23.5 Å². The van der Waals surface area contributed by atoms with E-state index in [-0.39, 0.29) is 11.4 Å². The number of halogens is 1. The monoisotopic (exact) mass is 284 g/mol. The highest BCUT2D eigenvalue weighted by Gasteiger charge is 2.20. The molecule has 2 nitrogen and oxygen atoms in total. The second-order valence-electron chi connectivity index (χ2n) is 4.62. The molecule has 0 radical (unpaired) electrons. The quantitative estimate of drug-likeness (QED) is 0.625. The van der Waals surface area contributed by atoms with Crippen molar-refractivity contribution in [3.8, 4) is 0 Å². The molecular formula is C13H17BrO2. The Bertz CT molecular complexity index is 372. The Kier molecular flexibility index (Phi) is 4.54. The first-order valence-electron chi connectivity index (χ1n) is 5.22. The third-order valence-corrected chi connectivity index (χ3v) is 3.97. The van der Waals surface area contributed by atoms with Gasteiger partial charge in [-0.25, -0.2) is 4.79 Å². The summed E-state index contributed by atoms with van der Waals surface area (Å²) < 4.78 is 4.77. The van der Waals surface area contributed by atoms with E-state index in [9.17, 15) is 4.79 Å². The molecule has 0 saturated carbocycles. The van der Waals surface area contributed by atoms with E-state index in [0.717, 1.165) is 17.3 Å². The van der Waals surface area contributed by atoms with E-state index in [1.807, 2.05) is 24.3 Å². The highest BCUT2D eigenvalue weighted by Crippen LogP contribution is 2.26. The number of alkyl halides is 1. The highest BCUT2D eigenvalue weighted by atomic mass is 79.9. The lowest BCUT2D eigenvalue weighted by atomic mass is 9.86. The van der Waals surface area contributed by atoms with E-state index in [1.165, 1.54) is 7.11 Å². The van der Waals surface area contributed by atoms with Gasteiger partial charge < -0.3 is 4.74 Å². The normalized spacial score (nSPS) is 11.2. The lowest BCUT2D eigenvalue weighted by Gasteiger charge is -2.22. The SMILES string of the molecule is COC(=O)c1ccccc1CC(C)(C)CBr. The summed E-state index contributed by atoms with van der Waals surface area (Å²) >= 11 is 3.49. The van der Waals surface area contributed by atoms with Crippen LogP contribution in [0.3, 0.4) is 0 Å². The zero-order valence-electron chi connectivity index (χ0n) is 9.92. The molecule has 1 aromatic rings. The Labute approximate surface area is 105 Å². The van der Waals surface area contributed by atoms with Crippen LogP contribution >= 0.6 is 15.9 Å². The second kappa shape index (κ2) is 5.48. The Hall–Kier alpha value is -0.830. The number of rotatable bonds is 4. The number of carbonyl (C=O) groups excluding carboxylic acids is 1. The van der Waals surface area contributed by atoms with Crippen LogP contribution in [0.5, 0.6) is 0 Å². The Balaban J connectivity index is 3.00. The molecule has 0 aliphatic rings. The van der Waals surface area contributed by atoms with Gasteiger partial charge in [0.05, 0.1) is 12.7 Å². The fourth-order valence-electron chi connectivity index (χ4n) is 1.55. The Morgan fingerprint density at radius 1 is 1.38 bits per heavy atom. The van der Waals surface area contributed by atoms with Gasteiger partial charge in [0.1, 0.15) is 0 Å². The zero-order valence-corrected chi connectivity index (χ0v) is 11.5. The molecule has 0 atom stereocenters. The first-order valence-corrected chi connectivity index (χ1v) is 6.34. The molecule has 1 rings (SSSR count).